The van der Waals surface area contributed by atoms with Crippen LogP contribution in [0, 0.1) is 0 Å². The van der Waals surface area contributed by atoms with E-state index in [2.05, 4.69) is 10.1 Å². The minimum absolute atomic E-state index is 0.191. The van der Waals surface area contributed by atoms with Crippen LogP contribution in [0.25, 0.3) is 11.5 Å². The molecule has 0 saturated carbocycles. The van der Waals surface area contributed by atoms with Gasteiger partial charge in [-0.3, -0.25) is 9.69 Å². The van der Waals surface area contributed by atoms with Gasteiger partial charge in [-0.25, -0.2) is 0 Å². The Balaban J connectivity index is 1.70. The molecule has 1 atom stereocenters. The van der Waals surface area contributed by atoms with Gasteiger partial charge in [-0.15, -0.1) is 0 Å². The van der Waals surface area contributed by atoms with Gasteiger partial charge in [0.2, 0.25) is 0 Å². The highest BCUT2D eigenvalue weighted by Crippen LogP contribution is 2.23. The molecule has 3 rings (SSSR count). The fraction of sp³-hybridized carbons (Fsp3) is 0.462. The molecule has 20 heavy (non-hydrogen) atoms. The molecular formula is C13H15N3O3S. The molecule has 2 aromatic rings. The van der Waals surface area contributed by atoms with Crippen LogP contribution in [0.2, 0.25) is 0 Å². The zero-order valence-electron chi connectivity index (χ0n) is 11.1. The maximum Gasteiger partial charge on any atom is 0.323 e. The number of thiophene rings is 1. The summed E-state index contributed by atoms with van der Waals surface area (Å²) < 4.78 is 10.1. The lowest BCUT2D eigenvalue weighted by Gasteiger charge is -2.20. The summed E-state index contributed by atoms with van der Waals surface area (Å²) in [6, 6.07) is 1.75. The lowest BCUT2D eigenvalue weighted by Crippen LogP contribution is -2.36. The molecule has 2 aromatic heterocycles. The van der Waals surface area contributed by atoms with Crippen molar-refractivity contribution in [3.8, 4) is 11.5 Å². The highest BCUT2D eigenvalue weighted by molar-refractivity contribution is 7.08. The van der Waals surface area contributed by atoms with E-state index >= 15 is 0 Å². The van der Waals surface area contributed by atoms with Gasteiger partial charge in [0.25, 0.3) is 5.89 Å². The number of carbonyl (C=O) groups is 1. The first-order chi connectivity index (χ1) is 9.78. The van der Waals surface area contributed by atoms with Gasteiger partial charge in [-0.2, -0.15) is 16.3 Å². The molecular weight excluding hydrogens is 278 g/mol. The molecule has 106 valence electrons. The van der Waals surface area contributed by atoms with E-state index in [9.17, 15) is 4.79 Å². The number of hydrogen-bond donors (Lipinski definition) is 0. The summed E-state index contributed by atoms with van der Waals surface area (Å²) in [4.78, 5) is 18.1. The molecule has 0 aliphatic carbocycles. The number of esters is 1. The quantitative estimate of drug-likeness (QED) is 0.802. The van der Waals surface area contributed by atoms with Gasteiger partial charge in [0.1, 0.15) is 6.04 Å². The van der Waals surface area contributed by atoms with Crippen LogP contribution in [0.5, 0.6) is 0 Å². The number of hydrogen-bond acceptors (Lipinski definition) is 7. The summed E-state index contributed by atoms with van der Waals surface area (Å²) in [6.07, 6.45) is 1.80. The predicted molar refractivity (Wildman–Crippen MR) is 73.1 cm³/mol. The topological polar surface area (TPSA) is 68.5 Å². The third kappa shape index (κ3) is 2.59. The molecule has 6 nitrogen and oxygen atoms in total. The molecule has 0 aromatic carbocycles. The van der Waals surface area contributed by atoms with Crippen LogP contribution in [0.1, 0.15) is 18.7 Å². The first-order valence-corrected chi connectivity index (χ1v) is 7.39. The van der Waals surface area contributed by atoms with Crippen molar-refractivity contribution in [2.45, 2.75) is 25.4 Å². The monoisotopic (exact) mass is 293 g/mol. The Morgan fingerprint density at radius 3 is 3.30 bits per heavy atom. The maximum absolute atomic E-state index is 11.7. The second-order valence-electron chi connectivity index (χ2n) is 4.68. The standard InChI is InChI=1S/C13H15N3O3S/c1-18-13(17)10-3-2-5-16(10)7-11-14-12(19-15-11)9-4-6-20-8-9/h4,6,8,10H,2-3,5,7H2,1H3. The Hall–Kier alpha value is -1.73. The molecule has 1 saturated heterocycles. The number of methoxy groups -OCH3 is 1. The van der Waals surface area contributed by atoms with Gasteiger partial charge < -0.3 is 9.26 Å². The third-order valence-corrected chi connectivity index (χ3v) is 4.10. The minimum Gasteiger partial charge on any atom is -0.468 e. The molecule has 0 N–H and O–H groups in total. The molecule has 7 heteroatoms. The lowest BCUT2D eigenvalue weighted by atomic mass is 10.2. The first kappa shape index (κ1) is 13.3. The van der Waals surface area contributed by atoms with Crippen molar-refractivity contribution in [1.29, 1.82) is 0 Å². The van der Waals surface area contributed by atoms with Gasteiger partial charge in [0.15, 0.2) is 5.82 Å². The van der Waals surface area contributed by atoms with Crippen molar-refractivity contribution in [2.24, 2.45) is 0 Å². The smallest absolute Gasteiger partial charge is 0.323 e. The van der Waals surface area contributed by atoms with E-state index in [4.69, 9.17) is 9.26 Å². The van der Waals surface area contributed by atoms with Crippen molar-refractivity contribution < 1.29 is 14.1 Å². The third-order valence-electron chi connectivity index (χ3n) is 3.42. The summed E-state index contributed by atoms with van der Waals surface area (Å²) >= 11 is 1.58. The van der Waals surface area contributed by atoms with Crippen molar-refractivity contribution in [3.05, 3.63) is 22.7 Å². The van der Waals surface area contributed by atoms with Crippen molar-refractivity contribution >= 4 is 17.3 Å². The SMILES string of the molecule is COC(=O)C1CCCN1Cc1noc(-c2ccsc2)n1. The summed E-state index contributed by atoms with van der Waals surface area (Å²) in [7, 11) is 1.42. The summed E-state index contributed by atoms with van der Waals surface area (Å²) in [5.41, 5.74) is 0.930. The zero-order valence-corrected chi connectivity index (χ0v) is 11.9. The maximum atomic E-state index is 11.7. The molecule has 1 aliphatic rings. The number of rotatable bonds is 4. The number of likely N-dealkylation sites (tertiary alicyclic amines) is 1. The van der Waals surface area contributed by atoms with Crippen LogP contribution in [0.3, 0.4) is 0 Å². The summed E-state index contributed by atoms with van der Waals surface area (Å²) in [5, 5.41) is 7.91. The molecule has 1 unspecified atom stereocenters. The van der Waals surface area contributed by atoms with Gasteiger partial charge in [-0.1, -0.05) is 5.16 Å². The second-order valence-corrected chi connectivity index (χ2v) is 5.46. The molecule has 1 aliphatic heterocycles. The second kappa shape index (κ2) is 5.72. The number of ether oxygens (including phenoxy) is 1. The van der Waals surface area contributed by atoms with Crippen molar-refractivity contribution in [2.75, 3.05) is 13.7 Å². The van der Waals surface area contributed by atoms with Crippen LogP contribution in [0.15, 0.2) is 21.3 Å². The van der Waals surface area contributed by atoms with Crippen LogP contribution in [-0.2, 0) is 16.1 Å². The zero-order chi connectivity index (χ0) is 13.9. The molecule has 0 spiro atoms. The van der Waals surface area contributed by atoms with Crippen LogP contribution in [0.4, 0.5) is 0 Å². The van der Waals surface area contributed by atoms with Crippen LogP contribution in [-0.4, -0.2) is 40.7 Å². The number of nitrogens with zero attached hydrogens (tertiary/aromatic N) is 3. The average molecular weight is 293 g/mol. The fourth-order valence-corrected chi connectivity index (χ4v) is 3.05. The van der Waals surface area contributed by atoms with Gasteiger partial charge >= 0.3 is 5.97 Å². The fourth-order valence-electron chi connectivity index (χ4n) is 2.42. The van der Waals surface area contributed by atoms with E-state index in [0.717, 1.165) is 24.9 Å². The molecule has 0 amide bonds. The number of carbonyl (C=O) groups excluding carboxylic acids is 1. The Kier molecular flexibility index (Phi) is 3.79. The number of aromatic nitrogens is 2. The van der Waals surface area contributed by atoms with E-state index in [0.29, 0.717) is 18.3 Å². The molecule has 0 bridgehead atoms. The Morgan fingerprint density at radius 2 is 2.55 bits per heavy atom. The molecule has 0 radical (unpaired) electrons. The van der Waals surface area contributed by atoms with E-state index in [-0.39, 0.29) is 12.0 Å². The van der Waals surface area contributed by atoms with Crippen molar-refractivity contribution in [3.63, 3.8) is 0 Å². The molecule has 1 fully saturated rings. The highest BCUT2D eigenvalue weighted by Gasteiger charge is 2.32. The van der Waals surface area contributed by atoms with Crippen LogP contribution >= 0.6 is 11.3 Å². The summed E-state index contributed by atoms with van der Waals surface area (Å²) in [5.74, 6) is 0.932. The Morgan fingerprint density at radius 1 is 1.65 bits per heavy atom. The van der Waals surface area contributed by atoms with E-state index in [1.807, 2.05) is 21.7 Å². The van der Waals surface area contributed by atoms with E-state index < -0.39 is 0 Å². The lowest BCUT2D eigenvalue weighted by molar-refractivity contribution is -0.146. The predicted octanol–water partition coefficient (Wildman–Crippen LogP) is 1.94. The normalized spacial score (nSPS) is 19.4. The van der Waals surface area contributed by atoms with Crippen LogP contribution < -0.4 is 0 Å². The first-order valence-electron chi connectivity index (χ1n) is 6.45. The van der Waals surface area contributed by atoms with E-state index in [1.54, 1.807) is 11.3 Å². The van der Waals surface area contributed by atoms with Gasteiger partial charge in [-0.05, 0) is 30.8 Å². The highest BCUT2D eigenvalue weighted by atomic mass is 32.1. The van der Waals surface area contributed by atoms with Gasteiger partial charge in [0, 0.05) is 5.38 Å². The van der Waals surface area contributed by atoms with Crippen molar-refractivity contribution in [1.82, 2.24) is 15.0 Å². The average Bonchev–Trinajstić information content (AvgIpc) is 3.19. The van der Waals surface area contributed by atoms with Gasteiger partial charge in [0.05, 0.1) is 19.2 Å². The van der Waals surface area contributed by atoms with E-state index in [1.165, 1.54) is 7.11 Å². The summed E-state index contributed by atoms with van der Waals surface area (Å²) in [6.45, 7) is 1.36. The molecule has 3 heterocycles. The largest absolute Gasteiger partial charge is 0.468 e. The Bertz CT molecular complexity index is 581. The Labute approximate surface area is 120 Å². The minimum atomic E-state index is -0.192.